The molecule has 2 aromatic carbocycles. The maximum absolute atomic E-state index is 13.1. The topological polar surface area (TPSA) is 67.2 Å². The third kappa shape index (κ3) is 3.85. The van der Waals surface area contributed by atoms with Gasteiger partial charge in [0.25, 0.3) is 5.91 Å². The Hall–Kier alpha value is -2.87. The first kappa shape index (κ1) is 20.9. The number of hydrogen-bond donors (Lipinski definition) is 2. The second-order valence-corrected chi connectivity index (χ2v) is 7.35. The van der Waals surface area contributed by atoms with Gasteiger partial charge in [-0.3, -0.25) is 9.48 Å². The number of carbonyl (C=O) groups is 1. The van der Waals surface area contributed by atoms with Gasteiger partial charge in [0.1, 0.15) is 0 Å². The van der Waals surface area contributed by atoms with Crippen LogP contribution in [0.4, 0.5) is 13.2 Å². The van der Waals surface area contributed by atoms with Gasteiger partial charge in [0.15, 0.2) is 5.60 Å². The summed E-state index contributed by atoms with van der Waals surface area (Å²) < 4.78 is 40.9. The van der Waals surface area contributed by atoms with Gasteiger partial charge >= 0.3 is 6.18 Å². The van der Waals surface area contributed by atoms with Crippen molar-refractivity contribution >= 4 is 16.7 Å². The second-order valence-electron chi connectivity index (χ2n) is 7.35. The minimum absolute atomic E-state index is 0.254. The van der Waals surface area contributed by atoms with Crippen LogP contribution in [-0.4, -0.2) is 27.0 Å². The molecular weight excluding hydrogens is 383 g/mol. The molecule has 3 rings (SSSR count). The van der Waals surface area contributed by atoms with E-state index in [4.69, 9.17) is 0 Å². The van der Waals surface area contributed by atoms with Crippen molar-refractivity contribution in [3.63, 3.8) is 0 Å². The maximum atomic E-state index is 13.1. The third-order valence-corrected chi connectivity index (χ3v) is 5.30. The highest BCUT2D eigenvalue weighted by Gasteiger charge is 2.51. The Morgan fingerprint density at radius 3 is 2.38 bits per heavy atom. The summed E-state index contributed by atoms with van der Waals surface area (Å²) in [6, 6.07) is 8.45. The molecule has 8 heteroatoms. The summed E-state index contributed by atoms with van der Waals surface area (Å²) in [5.41, 5.74) is -0.966. The minimum Gasteiger partial charge on any atom is -0.376 e. The fraction of sp³-hybridized carbons (Fsp3) is 0.333. The molecule has 1 heterocycles. The number of benzene rings is 2. The predicted molar refractivity (Wildman–Crippen MR) is 103 cm³/mol. The van der Waals surface area contributed by atoms with Crippen molar-refractivity contribution in [2.75, 3.05) is 0 Å². The molecule has 3 aromatic rings. The van der Waals surface area contributed by atoms with Crippen molar-refractivity contribution in [3.05, 3.63) is 65.0 Å². The Labute approximate surface area is 166 Å². The highest BCUT2D eigenvalue weighted by molar-refractivity contribution is 5.98. The summed E-state index contributed by atoms with van der Waals surface area (Å²) in [6.45, 7) is 4.49. The quantitative estimate of drug-likeness (QED) is 0.686. The van der Waals surface area contributed by atoms with Gasteiger partial charge in [0.2, 0.25) is 0 Å². The molecule has 1 amide bonds. The lowest BCUT2D eigenvalue weighted by molar-refractivity contribution is -0.258. The van der Waals surface area contributed by atoms with Gasteiger partial charge in [-0.1, -0.05) is 18.2 Å². The lowest BCUT2D eigenvalue weighted by Gasteiger charge is -2.27. The van der Waals surface area contributed by atoms with E-state index >= 15 is 0 Å². The molecule has 154 valence electrons. The molecule has 0 spiro atoms. The largest absolute Gasteiger partial charge is 0.421 e. The molecule has 0 bridgehead atoms. The van der Waals surface area contributed by atoms with Crippen molar-refractivity contribution in [1.29, 1.82) is 0 Å². The maximum Gasteiger partial charge on any atom is 0.421 e. The van der Waals surface area contributed by atoms with Gasteiger partial charge in [-0.2, -0.15) is 18.3 Å². The van der Waals surface area contributed by atoms with Gasteiger partial charge in [0, 0.05) is 23.9 Å². The smallest absolute Gasteiger partial charge is 0.376 e. The van der Waals surface area contributed by atoms with Crippen molar-refractivity contribution in [2.45, 2.75) is 38.6 Å². The van der Waals surface area contributed by atoms with E-state index in [0.717, 1.165) is 18.2 Å². The Bertz CT molecular complexity index is 1070. The summed E-state index contributed by atoms with van der Waals surface area (Å²) in [7, 11) is 1.82. The number of amides is 1. The molecule has 0 saturated carbocycles. The Kier molecular flexibility index (Phi) is 5.17. The average molecular weight is 405 g/mol. The molecule has 2 atom stereocenters. The summed E-state index contributed by atoms with van der Waals surface area (Å²) in [6.07, 6.45) is -3.09. The van der Waals surface area contributed by atoms with Crippen LogP contribution in [0.2, 0.25) is 0 Å². The molecule has 0 aliphatic carbocycles. The number of nitrogens with zero attached hydrogens (tertiary/aromatic N) is 2. The Balaban J connectivity index is 1.85. The zero-order valence-electron chi connectivity index (χ0n) is 16.5. The standard InChI is InChI=1S/C21H22F3N3O2/c1-12(18-11-25-27(4)13(18)2)26-19(28)16-6-5-15-10-17(8-7-14(15)9-16)20(3,29)21(22,23)24/h5-12,29H,1-4H3,(H,26,28)/t12?,20-/m0/s1. The third-order valence-electron chi connectivity index (χ3n) is 5.30. The van der Waals surface area contributed by atoms with E-state index in [1.165, 1.54) is 18.2 Å². The number of aryl methyl sites for hydroxylation is 1. The van der Waals surface area contributed by atoms with Crippen LogP contribution in [0.5, 0.6) is 0 Å². The molecule has 0 fully saturated rings. The summed E-state index contributed by atoms with van der Waals surface area (Å²) in [4.78, 5) is 12.6. The van der Waals surface area contributed by atoms with Gasteiger partial charge < -0.3 is 10.4 Å². The monoisotopic (exact) mass is 405 g/mol. The summed E-state index contributed by atoms with van der Waals surface area (Å²) >= 11 is 0. The number of aromatic nitrogens is 2. The van der Waals surface area contributed by atoms with E-state index in [-0.39, 0.29) is 17.5 Å². The molecule has 29 heavy (non-hydrogen) atoms. The molecule has 1 aromatic heterocycles. The van der Waals surface area contributed by atoms with Crippen LogP contribution in [0.1, 0.15) is 47.1 Å². The molecule has 0 saturated heterocycles. The highest BCUT2D eigenvalue weighted by Crippen LogP contribution is 2.39. The molecule has 1 unspecified atom stereocenters. The van der Waals surface area contributed by atoms with Crippen LogP contribution >= 0.6 is 0 Å². The number of fused-ring (bicyclic) bond motifs is 1. The van der Waals surface area contributed by atoms with E-state index in [1.807, 2.05) is 20.9 Å². The van der Waals surface area contributed by atoms with Crippen LogP contribution in [0.25, 0.3) is 10.8 Å². The van der Waals surface area contributed by atoms with Crippen LogP contribution in [-0.2, 0) is 12.6 Å². The first-order chi connectivity index (χ1) is 13.4. The summed E-state index contributed by atoms with van der Waals surface area (Å²) in [5, 5.41) is 18.0. The zero-order chi connectivity index (χ0) is 21.6. The number of rotatable bonds is 4. The SMILES string of the molecule is Cc1c(C(C)NC(=O)c2ccc3cc([C@](C)(O)C(F)(F)F)ccc3c2)cnn1C. The number of aliphatic hydroxyl groups is 1. The number of nitrogens with one attached hydrogen (secondary N) is 1. The highest BCUT2D eigenvalue weighted by atomic mass is 19.4. The number of alkyl halides is 3. The first-order valence-electron chi connectivity index (χ1n) is 9.04. The Morgan fingerprint density at radius 2 is 1.79 bits per heavy atom. The Morgan fingerprint density at radius 1 is 1.17 bits per heavy atom. The van der Waals surface area contributed by atoms with E-state index in [2.05, 4.69) is 10.4 Å². The van der Waals surface area contributed by atoms with E-state index in [9.17, 15) is 23.1 Å². The van der Waals surface area contributed by atoms with Gasteiger partial charge in [-0.15, -0.1) is 0 Å². The average Bonchev–Trinajstić information content (AvgIpc) is 2.98. The molecule has 2 N–H and O–H groups in total. The van der Waals surface area contributed by atoms with Gasteiger partial charge in [-0.05, 0) is 55.3 Å². The van der Waals surface area contributed by atoms with E-state index < -0.39 is 11.8 Å². The molecular formula is C21H22F3N3O2. The zero-order valence-corrected chi connectivity index (χ0v) is 16.5. The minimum atomic E-state index is -4.79. The van der Waals surface area contributed by atoms with Crippen LogP contribution in [0.3, 0.4) is 0 Å². The lowest BCUT2D eigenvalue weighted by atomic mass is 9.92. The fourth-order valence-corrected chi connectivity index (χ4v) is 3.15. The molecule has 0 aliphatic rings. The van der Waals surface area contributed by atoms with Gasteiger partial charge in [0.05, 0.1) is 12.2 Å². The summed E-state index contributed by atoms with van der Waals surface area (Å²) in [5.74, 6) is -0.297. The van der Waals surface area contributed by atoms with Crippen molar-refractivity contribution in [1.82, 2.24) is 15.1 Å². The molecule has 5 nitrogen and oxygen atoms in total. The molecule has 0 radical (unpaired) electrons. The predicted octanol–water partition coefficient (Wildman–Crippen LogP) is 4.14. The second kappa shape index (κ2) is 7.18. The number of hydrogen-bond acceptors (Lipinski definition) is 3. The van der Waals surface area contributed by atoms with Gasteiger partial charge in [-0.25, -0.2) is 0 Å². The van der Waals surface area contributed by atoms with E-state index in [0.29, 0.717) is 16.3 Å². The van der Waals surface area contributed by atoms with E-state index in [1.54, 1.807) is 29.1 Å². The lowest BCUT2D eigenvalue weighted by Crippen LogP contribution is -2.39. The van der Waals surface area contributed by atoms with Crippen molar-refractivity contribution in [2.24, 2.45) is 7.05 Å². The van der Waals surface area contributed by atoms with Crippen molar-refractivity contribution < 1.29 is 23.1 Å². The number of halogens is 3. The van der Waals surface area contributed by atoms with Crippen LogP contribution in [0.15, 0.2) is 42.6 Å². The van der Waals surface area contributed by atoms with Crippen molar-refractivity contribution in [3.8, 4) is 0 Å². The number of carbonyl (C=O) groups excluding carboxylic acids is 1. The first-order valence-corrected chi connectivity index (χ1v) is 9.04. The fourth-order valence-electron chi connectivity index (χ4n) is 3.15. The van der Waals surface area contributed by atoms with Crippen LogP contribution < -0.4 is 5.32 Å². The normalized spacial score (nSPS) is 15.2. The van der Waals surface area contributed by atoms with Crippen LogP contribution in [0, 0.1) is 6.92 Å². The molecule has 0 aliphatic heterocycles.